The van der Waals surface area contributed by atoms with E-state index in [1.54, 1.807) is 17.0 Å². The van der Waals surface area contributed by atoms with Crippen molar-refractivity contribution in [3.63, 3.8) is 0 Å². The molecule has 156 valence electrons. The van der Waals surface area contributed by atoms with Gasteiger partial charge in [-0.1, -0.05) is 18.2 Å². The predicted octanol–water partition coefficient (Wildman–Crippen LogP) is 2.47. The SMILES string of the molecule is O=C1Nc2cc(S(=O)(=O)N3CCc4ccccc43)ccc2SC1C(=O)N1CCCC1. The van der Waals surface area contributed by atoms with E-state index >= 15 is 0 Å². The molecule has 2 amide bonds. The molecule has 30 heavy (non-hydrogen) atoms. The number of carbonyl (C=O) groups is 2. The van der Waals surface area contributed by atoms with Gasteiger partial charge in [0.1, 0.15) is 0 Å². The zero-order valence-electron chi connectivity index (χ0n) is 16.2. The van der Waals surface area contributed by atoms with Crippen molar-refractivity contribution in [2.24, 2.45) is 0 Å². The van der Waals surface area contributed by atoms with Crippen LogP contribution in [-0.2, 0) is 26.0 Å². The third kappa shape index (κ3) is 3.16. The smallest absolute Gasteiger partial charge is 0.264 e. The van der Waals surface area contributed by atoms with E-state index in [0.29, 0.717) is 42.3 Å². The maximum atomic E-state index is 13.3. The molecule has 0 aliphatic carbocycles. The van der Waals surface area contributed by atoms with Crippen molar-refractivity contribution in [3.05, 3.63) is 48.0 Å². The van der Waals surface area contributed by atoms with Crippen molar-refractivity contribution in [1.82, 2.24) is 4.90 Å². The first-order valence-corrected chi connectivity index (χ1v) is 12.3. The Labute approximate surface area is 179 Å². The molecule has 1 atom stereocenters. The van der Waals surface area contributed by atoms with Gasteiger partial charge in [-0.3, -0.25) is 13.9 Å². The van der Waals surface area contributed by atoms with Crippen LogP contribution in [-0.4, -0.2) is 50.0 Å². The summed E-state index contributed by atoms with van der Waals surface area (Å²) in [7, 11) is -3.75. The molecular weight excluding hydrogens is 422 g/mol. The molecule has 1 saturated heterocycles. The second-order valence-corrected chi connectivity index (χ2v) is 10.6. The van der Waals surface area contributed by atoms with Crippen molar-refractivity contribution in [2.75, 3.05) is 29.3 Å². The summed E-state index contributed by atoms with van der Waals surface area (Å²) in [6.45, 7) is 1.77. The largest absolute Gasteiger partial charge is 0.341 e. The van der Waals surface area contributed by atoms with E-state index in [1.807, 2.05) is 24.3 Å². The molecule has 0 saturated carbocycles. The fourth-order valence-corrected chi connectivity index (χ4v) is 6.78. The van der Waals surface area contributed by atoms with Crippen LogP contribution in [0.25, 0.3) is 0 Å². The average Bonchev–Trinajstić information content (AvgIpc) is 3.42. The van der Waals surface area contributed by atoms with Gasteiger partial charge in [0, 0.05) is 24.5 Å². The summed E-state index contributed by atoms with van der Waals surface area (Å²) < 4.78 is 27.9. The Morgan fingerprint density at radius 1 is 1.07 bits per heavy atom. The maximum Gasteiger partial charge on any atom is 0.264 e. The summed E-state index contributed by atoms with van der Waals surface area (Å²) in [6.07, 6.45) is 2.59. The van der Waals surface area contributed by atoms with Crippen LogP contribution in [0.2, 0.25) is 0 Å². The minimum Gasteiger partial charge on any atom is -0.341 e. The molecule has 1 fully saturated rings. The number of sulfonamides is 1. The number of anilines is 2. The number of benzene rings is 2. The molecular formula is C21H21N3O4S2. The molecule has 3 heterocycles. The van der Waals surface area contributed by atoms with Gasteiger partial charge in [-0.05, 0) is 49.1 Å². The van der Waals surface area contributed by atoms with Gasteiger partial charge in [0.25, 0.3) is 10.0 Å². The normalized spacial score (nSPS) is 20.7. The highest BCUT2D eigenvalue weighted by Gasteiger charge is 2.38. The summed E-state index contributed by atoms with van der Waals surface area (Å²) in [5.74, 6) is -0.573. The third-order valence-corrected chi connectivity index (χ3v) is 8.84. The highest BCUT2D eigenvalue weighted by Crippen LogP contribution is 2.39. The van der Waals surface area contributed by atoms with Crippen molar-refractivity contribution in [3.8, 4) is 0 Å². The van der Waals surface area contributed by atoms with Crippen LogP contribution in [0.15, 0.2) is 52.3 Å². The standard InChI is InChI=1S/C21H21N3O4S2/c25-20-19(21(26)23-10-3-4-11-23)29-18-8-7-15(13-16(18)22-20)30(27,28)24-12-9-14-5-1-2-6-17(14)24/h1-2,5-8,13,19H,3-4,9-12H2,(H,22,25). The number of rotatable bonds is 3. The van der Waals surface area contributed by atoms with Gasteiger partial charge >= 0.3 is 0 Å². The molecule has 3 aliphatic rings. The lowest BCUT2D eigenvalue weighted by Crippen LogP contribution is -2.43. The Balaban J connectivity index is 1.42. The zero-order valence-corrected chi connectivity index (χ0v) is 17.8. The lowest BCUT2D eigenvalue weighted by molar-refractivity contribution is -0.133. The quantitative estimate of drug-likeness (QED) is 0.737. The molecule has 7 nitrogen and oxygen atoms in total. The Morgan fingerprint density at radius 3 is 2.63 bits per heavy atom. The molecule has 0 radical (unpaired) electrons. The number of fused-ring (bicyclic) bond motifs is 2. The van der Waals surface area contributed by atoms with Crippen LogP contribution >= 0.6 is 11.8 Å². The Bertz CT molecular complexity index is 1140. The highest BCUT2D eigenvalue weighted by atomic mass is 32.2. The molecule has 2 aromatic carbocycles. The molecule has 9 heteroatoms. The second-order valence-electron chi connectivity index (χ2n) is 7.63. The van der Waals surface area contributed by atoms with Gasteiger partial charge in [0.15, 0.2) is 5.25 Å². The van der Waals surface area contributed by atoms with Crippen molar-refractivity contribution in [2.45, 2.75) is 34.3 Å². The first-order valence-electron chi connectivity index (χ1n) is 9.96. The molecule has 0 bridgehead atoms. The zero-order chi connectivity index (χ0) is 20.9. The van der Waals surface area contributed by atoms with E-state index in [0.717, 1.165) is 18.4 Å². The Hall–Kier alpha value is -2.52. The van der Waals surface area contributed by atoms with Gasteiger partial charge in [-0.15, -0.1) is 11.8 Å². The lowest BCUT2D eigenvalue weighted by atomic mass is 10.2. The van der Waals surface area contributed by atoms with Crippen LogP contribution in [0.4, 0.5) is 11.4 Å². The van der Waals surface area contributed by atoms with Crippen LogP contribution in [0.1, 0.15) is 18.4 Å². The fourth-order valence-electron chi connectivity index (χ4n) is 4.20. The summed E-state index contributed by atoms with van der Waals surface area (Å²) in [5, 5.41) is 1.92. The van der Waals surface area contributed by atoms with Crippen LogP contribution in [0, 0.1) is 0 Å². The van der Waals surface area contributed by atoms with E-state index in [-0.39, 0.29) is 10.8 Å². The molecule has 3 aliphatic heterocycles. The number of hydrogen-bond donors (Lipinski definition) is 1. The van der Waals surface area contributed by atoms with E-state index in [2.05, 4.69) is 5.32 Å². The molecule has 5 rings (SSSR count). The number of nitrogens with zero attached hydrogens (tertiary/aromatic N) is 2. The average molecular weight is 444 g/mol. The second kappa shape index (κ2) is 7.31. The number of nitrogens with one attached hydrogen (secondary N) is 1. The summed E-state index contributed by atoms with van der Waals surface area (Å²) >= 11 is 1.19. The van der Waals surface area contributed by atoms with Gasteiger partial charge in [0.05, 0.1) is 16.3 Å². The van der Waals surface area contributed by atoms with Crippen LogP contribution in [0.3, 0.4) is 0 Å². The Kier molecular flexibility index (Phi) is 4.74. The fraction of sp³-hybridized carbons (Fsp3) is 0.333. The summed E-state index contributed by atoms with van der Waals surface area (Å²) in [6, 6.07) is 12.2. The summed E-state index contributed by atoms with van der Waals surface area (Å²) in [4.78, 5) is 27.8. The van der Waals surface area contributed by atoms with Crippen molar-refractivity contribution < 1.29 is 18.0 Å². The predicted molar refractivity (Wildman–Crippen MR) is 115 cm³/mol. The number of amides is 2. The number of carbonyl (C=O) groups excluding carboxylic acids is 2. The van der Waals surface area contributed by atoms with E-state index < -0.39 is 21.2 Å². The minimum atomic E-state index is -3.75. The number of hydrogen-bond acceptors (Lipinski definition) is 5. The van der Waals surface area contributed by atoms with Gasteiger partial charge in [-0.2, -0.15) is 0 Å². The highest BCUT2D eigenvalue weighted by molar-refractivity contribution is 8.01. The number of likely N-dealkylation sites (tertiary alicyclic amines) is 1. The lowest BCUT2D eigenvalue weighted by Gasteiger charge is -2.27. The minimum absolute atomic E-state index is 0.128. The van der Waals surface area contributed by atoms with E-state index in [1.165, 1.54) is 22.1 Å². The monoisotopic (exact) mass is 443 g/mol. The van der Waals surface area contributed by atoms with Crippen LogP contribution < -0.4 is 9.62 Å². The Morgan fingerprint density at radius 2 is 1.83 bits per heavy atom. The first kappa shape index (κ1) is 19.4. The maximum absolute atomic E-state index is 13.3. The van der Waals surface area contributed by atoms with Gasteiger partial charge in [0.2, 0.25) is 11.8 Å². The summed E-state index contributed by atoms with van der Waals surface area (Å²) in [5.41, 5.74) is 2.14. The molecule has 1 unspecified atom stereocenters. The van der Waals surface area contributed by atoms with Crippen LogP contribution in [0.5, 0.6) is 0 Å². The molecule has 0 aromatic heterocycles. The van der Waals surface area contributed by atoms with Gasteiger partial charge < -0.3 is 10.2 Å². The van der Waals surface area contributed by atoms with E-state index in [4.69, 9.17) is 0 Å². The number of thioether (sulfide) groups is 1. The number of para-hydroxylation sites is 1. The van der Waals surface area contributed by atoms with E-state index in [9.17, 15) is 18.0 Å². The molecule has 1 N–H and O–H groups in total. The molecule has 0 spiro atoms. The molecule has 2 aromatic rings. The topological polar surface area (TPSA) is 86.8 Å². The third-order valence-electron chi connectivity index (χ3n) is 5.77. The van der Waals surface area contributed by atoms with Gasteiger partial charge in [-0.25, -0.2) is 8.42 Å². The van der Waals surface area contributed by atoms with Crippen molar-refractivity contribution in [1.29, 1.82) is 0 Å². The van der Waals surface area contributed by atoms with Crippen molar-refractivity contribution >= 4 is 45.0 Å². The first-order chi connectivity index (χ1) is 14.4.